The summed E-state index contributed by atoms with van der Waals surface area (Å²) in [6, 6.07) is 13.3. The highest BCUT2D eigenvalue weighted by atomic mass is 16.5. The van der Waals surface area contributed by atoms with E-state index in [0.29, 0.717) is 17.9 Å². The highest BCUT2D eigenvalue weighted by Crippen LogP contribution is 2.38. The smallest absolute Gasteiger partial charge is 0.323 e. The summed E-state index contributed by atoms with van der Waals surface area (Å²) in [5.74, 6) is 1.05. The van der Waals surface area contributed by atoms with E-state index in [9.17, 15) is 4.79 Å². The number of esters is 1. The fourth-order valence-electron chi connectivity index (χ4n) is 3.82. The van der Waals surface area contributed by atoms with Gasteiger partial charge in [0.1, 0.15) is 6.04 Å². The minimum absolute atomic E-state index is 0.190. The van der Waals surface area contributed by atoms with Gasteiger partial charge >= 0.3 is 5.97 Å². The first-order valence-electron chi connectivity index (χ1n) is 8.81. The number of aromatic amines is 1. The lowest BCUT2D eigenvalue weighted by Crippen LogP contribution is -2.45. The summed E-state index contributed by atoms with van der Waals surface area (Å²) in [6.45, 7) is 0. The topological polar surface area (TPSA) is 72.6 Å². The SMILES string of the molecule is COC(=O)[C@H]1Cc2c([nH]c3ccccc23)[C@@H](c2ccc(OC)c(OC)c2)N1. The third kappa shape index (κ3) is 2.92. The van der Waals surface area contributed by atoms with Gasteiger partial charge in [-0.3, -0.25) is 10.1 Å². The van der Waals surface area contributed by atoms with Crippen molar-refractivity contribution < 1.29 is 19.0 Å². The van der Waals surface area contributed by atoms with E-state index in [4.69, 9.17) is 14.2 Å². The Morgan fingerprint density at radius 2 is 1.81 bits per heavy atom. The van der Waals surface area contributed by atoms with Gasteiger partial charge in [-0.15, -0.1) is 0 Å². The van der Waals surface area contributed by atoms with Crippen molar-refractivity contribution in [2.24, 2.45) is 0 Å². The van der Waals surface area contributed by atoms with Crippen molar-refractivity contribution in [1.82, 2.24) is 10.3 Å². The van der Waals surface area contributed by atoms with E-state index in [1.54, 1.807) is 14.2 Å². The van der Waals surface area contributed by atoms with Crippen LogP contribution in [0.4, 0.5) is 0 Å². The molecule has 0 saturated heterocycles. The molecule has 0 amide bonds. The summed E-state index contributed by atoms with van der Waals surface area (Å²) < 4.78 is 15.8. The molecule has 1 aromatic heterocycles. The number of carbonyl (C=O) groups excluding carboxylic acids is 1. The number of benzene rings is 2. The zero-order valence-electron chi connectivity index (χ0n) is 15.5. The number of carbonyl (C=O) groups is 1. The maximum atomic E-state index is 12.3. The zero-order valence-corrected chi connectivity index (χ0v) is 15.5. The van der Waals surface area contributed by atoms with Crippen LogP contribution in [0.1, 0.15) is 22.9 Å². The van der Waals surface area contributed by atoms with Crippen molar-refractivity contribution in [1.29, 1.82) is 0 Å². The molecule has 0 unspecified atom stereocenters. The largest absolute Gasteiger partial charge is 0.493 e. The second kappa shape index (κ2) is 6.96. The Morgan fingerprint density at radius 1 is 1.04 bits per heavy atom. The fraction of sp³-hybridized carbons (Fsp3) is 0.286. The number of para-hydroxylation sites is 1. The predicted octanol–water partition coefficient (Wildman–Crippen LogP) is 2.96. The van der Waals surface area contributed by atoms with Crippen LogP contribution >= 0.6 is 0 Å². The van der Waals surface area contributed by atoms with Crippen molar-refractivity contribution in [3.8, 4) is 11.5 Å². The minimum atomic E-state index is -0.417. The number of hydrogen-bond donors (Lipinski definition) is 2. The summed E-state index contributed by atoms with van der Waals surface area (Å²) in [6.07, 6.45) is 0.579. The van der Waals surface area contributed by atoms with Crippen LogP contribution in [0.5, 0.6) is 11.5 Å². The van der Waals surface area contributed by atoms with Gasteiger partial charge in [0.25, 0.3) is 0 Å². The van der Waals surface area contributed by atoms with Gasteiger partial charge in [-0.25, -0.2) is 0 Å². The average molecular weight is 366 g/mol. The molecule has 0 spiro atoms. The van der Waals surface area contributed by atoms with Crippen LogP contribution in [0.15, 0.2) is 42.5 Å². The second-order valence-corrected chi connectivity index (χ2v) is 6.56. The molecule has 0 saturated carbocycles. The third-order valence-electron chi connectivity index (χ3n) is 5.14. The van der Waals surface area contributed by atoms with Crippen molar-refractivity contribution >= 4 is 16.9 Å². The summed E-state index contributed by atoms with van der Waals surface area (Å²) >= 11 is 0. The van der Waals surface area contributed by atoms with Crippen LogP contribution in [0.2, 0.25) is 0 Å². The molecule has 6 nitrogen and oxygen atoms in total. The predicted molar refractivity (Wildman–Crippen MR) is 102 cm³/mol. The molecule has 0 fully saturated rings. The van der Waals surface area contributed by atoms with Gasteiger partial charge in [-0.05, 0) is 29.3 Å². The molecule has 2 aromatic carbocycles. The number of methoxy groups -OCH3 is 3. The second-order valence-electron chi connectivity index (χ2n) is 6.56. The van der Waals surface area contributed by atoms with Gasteiger partial charge in [0.15, 0.2) is 11.5 Å². The fourth-order valence-corrected chi connectivity index (χ4v) is 3.82. The maximum absolute atomic E-state index is 12.3. The summed E-state index contributed by atoms with van der Waals surface area (Å²) in [4.78, 5) is 15.8. The van der Waals surface area contributed by atoms with E-state index in [1.807, 2.05) is 36.4 Å². The molecule has 0 bridgehead atoms. The van der Waals surface area contributed by atoms with Crippen molar-refractivity contribution in [3.05, 3.63) is 59.3 Å². The Labute approximate surface area is 157 Å². The molecule has 1 aliphatic rings. The number of nitrogens with one attached hydrogen (secondary N) is 2. The number of rotatable bonds is 4. The number of hydrogen-bond acceptors (Lipinski definition) is 5. The number of ether oxygens (including phenoxy) is 3. The highest BCUT2D eigenvalue weighted by molar-refractivity contribution is 5.87. The van der Waals surface area contributed by atoms with Crippen LogP contribution in [0.25, 0.3) is 10.9 Å². The molecular weight excluding hydrogens is 344 g/mol. The highest BCUT2D eigenvalue weighted by Gasteiger charge is 2.34. The average Bonchev–Trinajstić information content (AvgIpc) is 3.10. The Kier molecular flexibility index (Phi) is 4.49. The molecule has 2 heterocycles. The lowest BCUT2D eigenvalue weighted by atomic mass is 9.90. The first-order chi connectivity index (χ1) is 13.2. The number of fused-ring (bicyclic) bond motifs is 3. The van der Waals surface area contributed by atoms with Crippen molar-refractivity contribution in [2.45, 2.75) is 18.5 Å². The van der Waals surface area contributed by atoms with Gasteiger partial charge in [0, 0.05) is 23.0 Å². The maximum Gasteiger partial charge on any atom is 0.323 e. The van der Waals surface area contributed by atoms with Gasteiger partial charge in [-0.1, -0.05) is 24.3 Å². The molecule has 2 atom stereocenters. The van der Waals surface area contributed by atoms with E-state index in [2.05, 4.69) is 16.4 Å². The number of H-pyrrole nitrogens is 1. The molecule has 0 aliphatic carbocycles. The first kappa shape index (κ1) is 17.4. The molecule has 6 heteroatoms. The summed E-state index contributed by atoms with van der Waals surface area (Å²) in [7, 11) is 4.64. The van der Waals surface area contributed by atoms with Gasteiger partial charge < -0.3 is 19.2 Å². The summed E-state index contributed by atoms with van der Waals surface area (Å²) in [5.41, 5.74) is 4.23. The van der Waals surface area contributed by atoms with Crippen LogP contribution in [0.3, 0.4) is 0 Å². The van der Waals surface area contributed by atoms with Crippen molar-refractivity contribution in [3.63, 3.8) is 0 Å². The van der Waals surface area contributed by atoms with E-state index in [0.717, 1.165) is 27.7 Å². The minimum Gasteiger partial charge on any atom is -0.493 e. The van der Waals surface area contributed by atoms with Crippen molar-refractivity contribution in [2.75, 3.05) is 21.3 Å². The molecular formula is C21H22N2O4. The molecule has 3 aromatic rings. The van der Waals surface area contributed by atoms with Crippen LogP contribution < -0.4 is 14.8 Å². The Hall–Kier alpha value is -2.99. The monoisotopic (exact) mass is 366 g/mol. The standard InChI is InChI=1S/C21H22N2O4/c1-25-17-9-8-12(10-18(17)26-2)19-20-14(11-16(23-19)21(24)27-3)13-6-4-5-7-15(13)22-20/h4-10,16,19,22-23H,11H2,1-3H3/t16-,19-/m1/s1. The van der Waals surface area contributed by atoms with E-state index in [1.165, 1.54) is 7.11 Å². The van der Waals surface area contributed by atoms with Crippen LogP contribution in [-0.4, -0.2) is 38.3 Å². The van der Waals surface area contributed by atoms with Crippen LogP contribution in [0, 0.1) is 0 Å². The Morgan fingerprint density at radius 3 is 2.56 bits per heavy atom. The first-order valence-corrected chi connectivity index (χ1v) is 8.81. The molecule has 27 heavy (non-hydrogen) atoms. The number of aromatic nitrogens is 1. The van der Waals surface area contributed by atoms with E-state index >= 15 is 0 Å². The summed E-state index contributed by atoms with van der Waals surface area (Å²) in [5, 5.41) is 4.56. The van der Waals surface area contributed by atoms with Gasteiger partial charge in [-0.2, -0.15) is 0 Å². The lowest BCUT2D eigenvalue weighted by Gasteiger charge is -2.30. The Balaban J connectivity index is 1.86. The quantitative estimate of drug-likeness (QED) is 0.695. The van der Waals surface area contributed by atoms with E-state index in [-0.39, 0.29) is 12.0 Å². The molecule has 140 valence electrons. The van der Waals surface area contributed by atoms with E-state index < -0.39 is 6.04 Å². The normalized spacial score (nSPS) is 18.8. The van der Waals surface area contributed by atoms with Gasteiger partial charge in [0.2, 0.25) is 0 Å². The van der Waals surface area contributed by atoms with Crippen LogP contribution in [-0.2, 0) is 16.0 Å². The Bertz CT molecular complexity index is 995. The molecule has 4 rings (SSSR count). The molecule has 0 radical (unpaired) electrons. The lowest BCUT2D eigenvalue weighted by molar-refractivity contribution is -0.143. The third-order valence-corrected chi connectivity index (χ3v) is 5.14. The molecule has 2 N–H and O–H groups in total. The molecule has 1 aliphatic heterocycles. The zero-order chi connectivity index (χ0) is 19.0. The van der Waals surface area contributed by atoms with Gasteiger partial charge in [0.05, 0.1) is 27.4 Å².